The summed E-state index contributed by atoms with van der Waals surface area (Å²) >= 11 is 1.98. The Hall–Kier alpha value is 0.270. The molecule has 3 heteroatoms. The maximum Gasteiger partial charge on any atom is 0.0704 e. The van der Waals surface area contributed by atoms with Crippen molar-refractivity contribution < 1.29 is 4.74 Å². The average molecular weight is 189 g/mol. The zero-order valence-corrected chi connectivity index (χ0v) is 8.82. The summed E-state index contributed by atoms with van der Waals surface area (Å²) in [5.41, 5.74) is 0. The Morgan fingerprint density at radius 3 is 2.83 bits per heavy atom. The molecule has 1 aliphatic rings. The van der Waals surface area contributed by atoms with Gasteiger partial charge in [0, 0.05) is 12.3 Å². The van der Waals surface area contributed by atoms with E-state index in [4.69, 9.17) is 4.74 Å². The molecule has 1 saturated heterocycles. The van der Waals surface area contributed by atoms with Crippen molar-refractivity contribution in [3.05, 3.63) is 0 Å². The summed E-state index contributed by atoms with van der Waals surface area (Å²) in [4.78, 5) is 0. The van der Waals surface area contributed by atoms with Gasteiger partial charge in [-0.1, -0.05) is 6.92 Å². The first-order valence-corrected chi connectivity index (χ1v) is 5.90. The van der Waals surface area contributed by atoms with Gasteiger partial charge < -0.3 is 10.1 Å². The predicted molar refractivity (Wildman–Crippen MR) is 54.8 cm³/mol. The highest BCUT2D eigenvalue weighted by Crippen LogP contribution is 2.22. The molecule has 1 heterocycles. The van der Waals surface area contributed by atoms with E-state index in [-0.39, 0.29) is 0 Å². The van der Waals surface area contributed by atoms with Gasteiger partial charge in [-0.05, 0) is 25.6 Å². The average Bonchev–Trinajstić information content (AvgIpc) is 2.50. The van der Waals surface area contributed by atoms with Crippen molar-refractivity contribution in [2.75, 3.05) is 25.1 Å². The lowest BCUT2D eigenvalue weighted by Crippen LogP contribution is -2.24. The lowest BCUT2D eigenvalue weighted by atomic mass is 10.2. The van der Waals surface area contributed by atoms with E-state index in [9.17, 15) is 0 Å². The van der Waals surface area contributed by atoms with Gasteiger partial charge in [-0.3, -0.25) is 0 Å². The minimum absolute atomic E-state index is 0.470. The first-order valence-electron chi connectivity index (χ1n) is 4.74. The molecule has 12 heavy (non-hydrogen) atoms. The number of rotatable bonds is 5. The molecule has 0 unspecified atom stereocenters. The van der Waals surface area contributed by atoms with E-state index < -0.39 is 0 Å². The molecular formula is C9H19NOS. The van der Waals surface area contributed by atoms with Crippen LogP contribution in [0.3, 0.4) is 0 Å². The predicted octanol–water partition coefficient (Wildman–Crippen LogP) is 1.51. The van der Waals surface area contributed by atoms with Gasteiger partial charge in [0.15, 0.2) is 0 Å². The Kier molecular flexibility index (Phi) is 5.04. The van der Waals surface area contributed by atoms with Gasteiger partial charge in [-0.15, -0.1) is 0 Å². The van der Waals surface area contributed by atoms with E-state index in [1.165, 1.54) is 24.3 Å². The lowest BCUT2D eigenvalue weighted by molar-refractivity contribution is 0.0598. The highest BCUT2D eigenvalue weighted by molar-refractivity contribution is 7.99. The molecule has 72 valence electrons. The van der Waals surface area contributed by atoms with Crippen LogP contribution in [0.5, 0.6) is 0 Å². The zero-order chi connectivity index (χ0) is 8.81. The molecule has 0 aromatic carbocycles. The van der Waals surface area contributed by atoms with Crippen molar-refractivity contribution in [1.82, 2.24) is 5.32 Å². The second-order valence-electron chi connectivity index (χ2n) is 3.17. The van der Waals surface area contributed by atoms with E-state index in [0.29, 0.717) is 12.2 Å². The quantitative estimate of drug-likeness (QED) is 0.708. The van der Waals surface area contributed by atoms with E-state index in [0.717, 1.165) is 6.54 Å². The molecule has 0 aliphatic carbocycles. The smallest absolute Gasteiger partial charge is 0.0704 e. The number of hydrogen-bond acceptors (Lipinski definition) is 3. The Morgan fingerprint density at radius 2 is 2.17 bits per heavy atom. The van der Waals surface area contributed by atoms with Crippen LogP contribution in [0.25, 0.3) is 0 Å². The van der Waals surface area contributed by atoms with Crippen LogP contribution in [-0.4, -0.2) is 37.3 Å². The number of nitrogens with one attached hydrogen (secondary N) is 1. The van der Waals surface area contributed by atoms with Crippen LogP contribution in [-0.2, 0) is 4.74 Å². The molecule has 1 rings (SSSR count). The third-order valence-corrected chi connectivity index (χ3v) is 3.15. The molecule has 1 N–H and O–H groups in total. The number of ether oxygens (including phenoxy) is 1. The summed E-state index contributed by atoms with van der Waals surface area (Å²) in [7, 11) is 1.98. The summed E-state index contributed by atoms with van der Waals surface area (Å²) in [6, 6.07) is 0. The molecule has 0 aromatic rings. The monoisotopic (exact) mass is 189 g/mol. The summed E-state index contributed by atoms with van der Waals surface area (Å²) in [5.74, 6) is 2.38. The van der Waals surface area contributed by atoms with Crippen LogP contribution in [0.1, 0.15) is 19.8 Å². The highest BCUT2D eigenvalue weighted by atomic mass is 32.2. The van der Waals surface area contributed by atoms with Gasteiger partial charge in [-0.2, -0.15) is 11.8 Å². The highest BCUT2D eigenvalue weighted by Gasteiger charge is 2.23. The number of thioether (sulfide) groups is 1. The summed E-state index contributed by atoms with van der Waals surface area (Å²) in [6.45, 7) is 3.21. The number of hydrogen-bond donors (Lipinski definition) is 1. The third-order valence-electron chi connectivity index (χ3n) is 2.14. The van der Waals surface area contributed by atoms with Gasteiger partial charge in [0.1, 0.15) is 0 Å². The molecule has 2 atom stereocenters. The van der Waals surface area contributed by atoms with Crippen molar-refractivity contribution in [3.63, 3.8) is 0 Å². The maximum atomic E-state index is 5.82. The second-order valence-corrected chi connectivity index (χ2v) is 4.49. The number of likely N-dealkylation sites (N-methyl/N-ethyl adjacent to an activating group) is 1. The van der Waals surface area contributed by atoms with Crippen LogP contribution in [0.15, 0.2) is 0 Å². The van der Waals surface area contributed by atoms with Crippen LogP contribution in [0.4, 0.5) is 0 Å². The molecule has 1 fully saturated rings. The summed E-state index contributed by atoms with van der Waals surface area (Å²) in [6.07, 6.45) is 3.47. The maximum absolute atomic E-state index is 5.82. The molecule has 0 saturated carbocycles. The van der Waals surface area contributed by atoms with E-state index in [1.807, 2.05) is 18.8 Å². The van der Waals surface area contributed by atoms with Crippen molar-refractivity contribution >= 4 is 11.8 Å². The second kappa shape index (κ2) is 5.84. The van der Waals surface area contributed by atoms with E-state index in [1.54, 1.807) is 0 Å². The molecule has 2 nitrogen and oxygen atoms in total. The summed E-state index contributed by atoms with van der Waals surface area (Å²) in [5, 5.41) is 3.15. The first kappa shape index (κ1) is 10.4. The topological polar surface area (TPSA) is 21.3 Å². The van der Waals surface area contributed by atoms with Gasteiger partial charge >= 0.3 is 0 Å². The lowest BCUT2D eigenvalue weighted by Gasteiger charge is -2.12. The van der Waals surface area contributed by atoms with Crippen molar-refractivity contribution in [3.8, 4) is 0 Å². The molecular weight excluding hydrogens is 170 g/mol. The van der Waals surface area contributed by atoms with Crippen LogP contribution in [0, 0.1) is 0 Å². The molecule has 0 aromatic heterocycles. The van der Waals surface area contributed by atoms with E-state index in [2.05, 4.69) is 12.2 Å². The van der Waals surface area contributed by atoms with Crippen LogP contribution in [0.2, 0.25) is 0 Å². The molecule has 1 aliphatic heterocycles. The Morgan fingerprint density at radius 1 is 1.42 bits per heavy atom. The fourth-order valence-electron chi connectivity index (χ4n) is 1.53. The zero-order valence-electron chi connectivity index (χ0n) is 8.01. The van der Waals surface area contributed by atoms with Crippen molar-refractivity contribution in [2.45, 2.75) is 32.0 Å². The van der Waals surface area contributed by atoms with Crippen LogP contribution < -0.4 is 5.32 Å². The third kappa shape index (κ3) is 3.33. The SMILES string of the molecule is CCSC[C@@H]1CC[C@H](CNC)O1. The van der Waals surface area contributed by atoms with Gasteiger partial charge in [-0.25, -0.2) is 0 Å². The van der Waals surface area contributed by atoms with Crippen LogP contribution >= 0.6 is 11.8 Å². The van der Waals surface area contributed by atoms with Gasteiger partial charge in [0.05, 0.1) is 12.2 Å². The summed E-state index contributed by atoms with van der Waals surface area (Å²) < 4.78 is 5.82. The minimum atomic E-state index is 0.470. The van der Waals surface area contributed by atoms with Crippen molar-refractivity contribution in [1.29, 1.82) is 0 Å². The standard InChI is InChI=1S/C9H19NOS/c1-3-12-7-9-5-4-8(11-9)6-10-2/h8-10H,3-7H2,1-2H3/t8-,9+/m1/s1. The molecule has 0 bridgehead atoms. The van der Waals surface area contributed by atoms with E-state index >= 15 is 0 Å². The molecule has 0 spiro atoms. The molecule has 0 radical (unpaired) electrons. The van der Waals surface area contributed by atoms with Gasteiger partial charge in [0.2, 0.25) is 0 Å². The van der Waals surface area contributed by atoms with Crippen molar-refractivity contribution in [2.24, 2.45) is 0 Å². The van der Waals surface area contributed by atoms with Gasteiger partial charge in [0.25, 0.3) is 0 Å². The Labute approximate surface area is 79.4 Å². The normalized spacial score (nSPS) is 29.5. The Bertz CT molecular complexity index is 121. The fraction of sp³-hybridized carbons (Fsp3) is 1.00. The minimum Gasteiger partial charge on any atom is -0.373 e. The Balaban J connectivity index is 2.08. The fourth-order valence-corrected chi connectivity index (χ4v) is 2.27. The molecule has 0 amide bonds. The first-order chi connectivity index (χ1) is 5.86. The largest absolute Gasteiger partial charge is 0.373 e.